The Morgan fingerprint density at radius 1 is 1.27 bits per heavy atom. The lowest BCUT2D eigenvalue weighted by Crippen LogP contribution is -2.08. The van der Waals surface area contributed by atoms with Gasteiger partial charge in [-0.05, 0) is 55.5 Å². The van der Waals surface area contributed by atoms with E-state index in [2.05, 4.69) is 11.4 Å². The second-order valence-corrected chi connectivity index (χ2v) is 7.06. The third-order valence-corrected chi connectivity index (χ3v) is 5.58. The van der Waals surface area contributed by atoms with Crippen molar-refractivity contribution >= 4 is 28.3 Å². The molecular formula is C20H20N2O3S. The zero-order valence-corrected chi connectivity index (χ0v) is 15.6. The Labute approximate surface area is 156 Å². The normalized spacial score (nSPS) is 13.1. The smallest absolute Gasteiger partial charge is 0.249 e. The lowest BCUT2D eigenvalue weighted by Gasteiger charge is -2.09. The standard InChI is InChI=1S/C20H20N2O3S/c1-24-14-8-9-17(25-2)13(11-14)7-10-19(23)22-20-16(12-21)15-5-3-4-6-18(15)26-20/h7-11H,3-6H2,1-2H3,(H,22,23)/b10-7+. The number of nitrogens with one attached hydrogen (secondary N) is 1. The molecule has 1 N–H and O–H groups in total. The second-order valence-electron chi connectivity index (χ2n) is 5.96. The van der Waals surface area contributed by atoms with E-state index in [0.717, 1.165) is 36.8 Å². The molecule has 1 aromatic heterocycles. The van der Waals surface area contributed by atoms with Crippen molar-refractivity contribution in [1.82, 2.24) is 0 Å². The first-order valence-electron chi connectivity index (χ1n) is 8.42. The quantitative estimate of drug-likeness (QED) is 0.804. The highest BCUT2D eigenvalue weighted by molar-refractivity contribution is 7.16. The molecule has 2 aromatic rings. The molecular weight excluding hydrogens is 348 g/mol. The van der Waals surface area contributed by atoms with Crippen LogP contribution in [0.5, 0.6) is 11.5 Å². The van der Waals surface area contributed by atoms with Crippen LogP contribution in [0.15, 0.2) is 24.3 Å². The number of nitriles is 1. The number of fused-ring (bicyclic) bond motifs is 1. The molecule has 0 radical (unpaired) electrons. The fourth-order valence-electron chi connectivity index (χ4n) is 3.06. The highest BCUT2D eigenvalue weighted by Crippen LogP contribution is 2.37. The van der Waals surface area contributed by atoms with Crippen LogP contribution in [0.4, 0.5) is 5.00 Å². The van der Waals surface area contributed by atoms with E-state index in [1.807, 2.05) is 0 Å². The molecule has 1 heterocycles. The third kappa shape index (κ3) is 3.73. The van der Waals surface area contributed by atoms with E-state index in [0.29, 0.717) is 22.1 Å². The first-order chi connectivity index (χ1) is 12.7. The van der Waals surface area contributed by atoms with Crippen LogP contribution in [0.1, 0.15) is 34.4 Å². The zero-order valence-electron chi connectivity index (χ0n) is 14.8. The molecule has 26 heavy (non-hydrogen) atoms. The van der Waals surface area contributed by atoms with Gasteiger partial charge in [-0.25, -0.2) is 0 Å². The number of ether oxygens (including phenoxy) is 2. The van der Waals surface area contributed by atoms with E-state index in [9.17, 15) is 10.1 Å². The molecule has 1 amide bonds. The molecule has 1 aliphatic rings. The fraction of sp³-hybridized carbons (Fsp3) is 0.300. The molecule has 5 nitrogen and oxygen atoms in total. The Morgan fingerprint density at radius 3 is 2.81 bits per heavy atom. The van der Waals surface area contributed by atoms with E-state index in [1.54, 1.807) is 38.5 Å². The molecule has 0 aliphatic heterocycles. The second kappa shape index (κ2) is 8.07. The van der Waals surface area contributed by atoms with Gasteiger partial charge < -0.3 is 14.8 Å². The Kier molecular flexibility index (Phi) is 5.59. The van der Waals surface area contributed by atoms with Gasteiger partial charge in [-0.3, -0.25) is 4.79 Å². The van der Waals surface area contributed by atoms with Gasteiger partial charge in [-0.2, -0.15) is 5.26 Å². The average Bonchev–Trinajstić information content (AvgIpc) is 3.02. The monoisotopic (exact) mass is 368 g/mol. The van der Waals surface area contributed by atoms with Crippen LogP contribution in [0.2, 0.25) is 0 Å². The first kappa shape index (κ1) is 18.0. The van der Waals surface area contributed by atoms with Crippen molar-refractivity contribution in [1.29, 1.82) is 5.26 Å². The zero-order chi connectivity index (χ0) is 18.5. The first-order valence-corrected chi connectivity index (χ1v) is 9.23. The van der Waals surface area contributed by atoms with E-state index in [-0.39, 0.29) is 5.91 Å². The fourth-order valence-corrected chi connectivity index (χ4v) is 4.30. The molecule has 0 saturated heterocycles. The van der Waals surface area contributed by atoms with Crippen molar-refractivity contribution in [3.05, 3.63) is 45.8 Å². The number of rotatable bonds is 5. The minimum absolute atomic E-state index is 0.273. The lowest BCUT2D eigenvalue weighted by molar-refractivity contribution is -0.111. The number of carbonyl (C=O) groups is 1. The SMILES string of the molecule is COc1ccc(OC)c(/C=C/C(=O)Nc2sc3c(c2C#N)CCCC3)c1. The van der Waals surface area contributed by atoms with Gasteiger partial charge in [0.2, 0.25) is 5.91 Å². The maximum Gasteiger partial charge on any atom is 0.249 e. The van der Waals surface area contributed by atoms with Gasteiger partial charge in [0.1, 0.15) is 22.6 Å². The van der Waals surface area contributed by atoms with Crippen LogP contribution >= 0.6 is 11.3 Å². The number of thiophene rings is 1. The van der Waals surface area contributed by atoms with Crippen LogP contribution in [0.25, 0.3) is 6.08 Å². The summed E-state index contributed by atoms with van der Waals surface area (Å²) in [6.07, 6.45) is 7.26. The van der Waals surface area contributed by atoms with Crippen molar-refractivity contribution in [3.63, 3.8) is 0 Å². The summed E-state index contributed by atoms with van der Waals surface area (Å²) in [5.41, 5.74) is 2.47. The molecule has 0 spiro atoms. The average molecular weight is 368 g/mol. The predicted octanol–water partition coefficient (Wildman–Crippen LogP) is 4.17. The third-order valence-electron chi connectivity index (χ3n) is 4.37. The van der Waals surface area contributed by atoms with E-state index < -0.39 is 0 Å². The van der Waals surface area contributed by atoms with E-state index >= 15 is 0 Å². The summed E-state index contributed by atoms with van der Waals surface area (Å²) in [6.45, 7) is 0. The number of methoxy groups -OCH3 is 2. The number of benzene rings is 1. The van der Waals surface area contributed by atoms with Crippen LogP contribution in [0.3, 0.4) is 0 Å². The summed E-state index contributed by atoms with van der Waals surface area (Å²) < 4.78 is 10.5. The highest BCUT2D eigenvalue weighted by Gasteiger charge is 2.21. The van der Waals surface area contributed by atoms with Gasteiger partial charge in [0.05, 0.1) is 19.8 Å². The van der Waals surface area contributed by atoms with Crippen molar-refractivity contribution < 1.29 is 14.3 Å². The largest absolute Gasteiger partial charge is 0.497 e. The molecule has 0 unspecified atom stereocenters. The molecule has 0 atom stereocenters. The van der Waals surface area contributed by atoms with Crippen molar-refractivity contribution in [2.24, 2.45) is 0 Å². The van der Waals surface area contributed by atoms with Gasteiger partial charge in [0.15, 0.2) is 0 Å². The van der Waals surface area contributed by atoms with Gasteiger partial charge in [-0.15, -0.1) is 11.3 Å². The summed E-state index contributed by atoms with van der Waals surface area (Å²) in [6, 6.07) is 7.64. The molecule has 0 fully saturated rings. The Balaban J connectivity index is 1.79. The summed E-state index contributed by atoms with van der Waals surface area (Å²) in [4.78, 5) is 13.6. The van der Waals surface area contributed by atoms with Gasteiger partial charge in [0.25, 0.3) is 0 Å². The minimum atomic E-state index is -0.273. The van der Waals surface area contributed by atoms with E-state index in [1.165, 1.54) is 22.3 Å². The summed E-state index contributed by atoms with van der Waals surface area (Å²) in [5, 5.41) is 13.0. The van der Waals surface area contributed by atoms with E-state index in [4.69, 9.17) is 9.47 Å². The van der Waals surface area contributed by atoms with Crippen LogP contribution in [0, 0.1) is 11.3 Å². The van der Waals surface area contributed by atoms with Gasteiger partial charge in [0, 0.05) is 16.5 Å². The number of amides is 1. The van der Waals surface area contributed by atoms with Crippen molar-refractivity contribution in [2.75, 3.05) is 19.5 Å². The Bertz CT molecular complexity index is 893. The molecule has 0 bridgehead atoms. The number of carbonyl (C=O) groups excluding carboxylic acids is 1. The highest BCUT2D eigenvalue weighted by atomic mass is 32.1. The molecule has 6 heteroatoms. The number of hydrogen-bond acceptors (Lipinski definition) is 5. The van der Waals surface area contributed by atoms with Crippen molar-refractivity contribution in [3.8, 4) is 17.6 Å². The van der Waals surface area contributed by atoms with Crippen LogP contribution in [-0.4, -0.2) is 20.1 Å². The maximum atomic E-state index is 12.3. The summed E-state index contributed by atoms with van der Waals surface area (Å²) in [7, 11) is 3.17. The molecule has 0 saturated carbocycles. The van der Waals surface area contributed by atoms with Crippen LogP contribution < -0.4 is 14.8 Å². The lowest BCUT2D eigenvalue weighted by atomic mass is 9.96. The Hall–Kier alpha value is -2.78. The number of anilines is 1. The predicted molar refractivity (Wildman–Crippen MR) is 103 cm³/mol. The van der Waals surface area contributed by atoms with Gasteiger partial charge in [-0.1, -0.05) is 0 Å². The topological polar surface area (TPSA) is 71.3 Å². The number of aryl methyl sites for hydroxylation is 1. The minimum Gasteiger partial charge on any atom is -0.497 e. The summed E-state index contributed by atoms with van der Waals surface area (Å²) in [5.74, 6) is 1.06. The number of nitrogens with zero attached hydrogens (tertiary/aromatic N) is 1. The van der Waals surface area contributed by atoms with Gasteiger partial charge >= 0.3 is 0 Å². The van der Waals surface area contributed by atoms with Crippen molar-refractivity contribution in [2.45, 2.75) is 25.7 Å². The molecule has 134 valence electrons. The molecule has 3 rings (SSSR count). The number of hydrogen-bond donors (Lipinski definition) is 1. The van der Waals surface area contributed by atoms with Crippen LogP contribution in [-0.2, 0) is 17.6 Å². The molecule has 1 aliphatic carbocycles. The maximum absolute atomic E-state index is 12.3. The summed E-state index contributed by atoms with van der Waals surface area (Å²) >= 11 is 1.52. The Morgan fingerprint density at radius 2 is 2.08 bits per heavy atom. The molecule has 1 aromatic carbocycles.